The molecule has 0 spiro atoms. The highest BCUT2D eigenvalue weighted by molar-refractivity contribution is 5.75. The van der Waals surface area contributed by atoms with Crippen LogP contribution in [0.4, 0.5) is 11.4 Å². The van der Waals surface area contributed by atoms with Crippen LogP contribution in [0.1, 0.15) is 36.1 Å². The monoisotopic (exact) mass is 442 g/mol. The number of nitro benzene ring substituents is 1. The number of fused-ring (bicyclic) bond motifs is 2. The van der Waals surface area contributed by atoms with Gasteiger partial charge in [0, 0.05) is 46.1 Å². The molecule has 170 valence electrons. The molecular weight excluding hydrogens is 416 g/mol. The van der Waals surface area contributed by atoms with Gasteiger partial charge < -0.3 is 25.0 Å². The molecule has 2 aromatic carbocycles. The first-order chi connectivity index (χ1) is 15.1. The molecule has 2 amide bonds. The maximum Gasteiger partial charge on any atom is 0.311 e. The molecule has 2 aliphatic rings. The number of anilines is 1. The van der Waals surface area contributed by atoms with E-state index in [2.05, 4.69) is 0 Å². The van der Waals surface area contributed by atoms with Crippen LogP contribution in [0.5, 0.6) is 11.5 Å². The van der Waals surface area contributed by atoms with Crippen molar-refractivity contribution in [3.05, 3.63) is 56.6 Å². The molecule has 2 heterocycles. The molecule has 0 aliphatic carbocycles. The Hall–Kier alpha value is -3.82. The minimum absolute atomic E-state index is 0.0391. The second-order valence-electron chi connectivity index (χ2n) is 7.66. The molecule has 32 heavy (non-hydrogen) atoms. The van der Waals surface area contributed by atoms with Gasteiger partial charge in [-0.3, -0.25) is 19.7 Å². The zero-order valence-electron chi connectivity index (χ0n) is 18.5. The van der Waals surface area contributed by atoms with E-state index in [1.54, 1.807) is 29.9 Å². The summed E-state index contributed by atoms with van der Waals surface area (Å²) in [7, 11) is 2.99. The average molecular weight is 442 g/mol. The number of nitrogen functional groups attached to an aromatic ring is 1. The molecule has 4 rings (SSSR count). The van der Waals surface area contributed by atoms with E-state index in [1.807, 2.05) is 12.1 Å². The minimum Gasteiger partial charge on any atom is -0.495 e. The number of hydrogen-bond acceptors (Lipinski definition) is 7. The van der Waals surface area contributed by atoms with Gasteiger partial charge in [0.15, 0.2) is 5.75 Å². The highest BCUT2D eigenvalue weighted by Gasteiger charge is 2.26. The van der Waals surface area contributed by atoms with Crippen molar-refractivity contribution >= 4 is 23.2 Å². The molecule has 2 N–H and O–H groups in total. The summed E-state index contributed by atoms with van der Waals surface area (Å²) in [6, 6.07) is 6.91. The Morgan fingerprint density at radius 2 is 1.25 bits per heavy atom. The SMILES string of the molecule is COc1cc2c(cc1N)CN(C(C)=O)C2.COc1cc2c(cc1[N+](=O)[O-])CN(C(C)=O)C2. The molecule has 0 saturated carbocycles. The molecule has 0 fully saturated rings. The predicted molar refractivity (Wildman–Crippen MR) is 117 cm³/mol. The molecule has 10 heteroatoms. The number of amides is 2. The van der Waals surface area contributed by atoms with Gasteiger partial charge in [0.25, 0.3) is 0 Å². The van der Waals surface area contributed by atoms with Gasteiger partial charge in [0.05, 0.1) is 24.8 Å². The van der Waals surface area contributed by atoms with Crippen LogP contribution in [0.2, 0.25) is 0 Å². The van der Waals surface area contributed by atoms with Gasteiger partial charge in [-0.15, -0.1) is 0 Å². The lowest BCUT2D eigenvalue weighted by Gasteiger charge is -2.10. The van der Waals surface area contributed by atoms with Crippen LogP contribution in [-0.2, 0) is 35.8 Å². The second kappa shape index (κ2) is 9.13. The lowest BCUT2D eigenvalue weighted by atomic mass is 10.1. The molecule has 0 bridgehead atoms. The number of benzene rings is 2. The summed E-state index contributed by atoms with van der Waals surface area (Å²) >= 11 is 0. The zero-order chi connectivity index (χ0) is 23.6. The largest absolute Gasteiger partial charge is 0.495 e. The van der Waals surface area contributed by atoms with Gasteiger partial charge in [-0.05, 0) is 40.5 Å². The fourth-order valence-corrected chi connectivity index (χ4v) is 3.79. The third-order valence-corrected chi connectivity index (χ3v) is 5.59. The lowest BCUT2D eigenvalue weighted by Crippen LogP contribution is -2.21. The molecule has 0 saturated heterocycles. The molecular formula is C22H26N4O6. The van der Waals surface area contributed by atoms with Crippen molar-refractivity contribution in [3.63, 3.8) is 0 Å². The van der Waals surface area contributed by atoms with Crippen molar-refractivity contribution in [3.8, 4) is 11.5 Å². The Bertz CT molecular complexity index is 1080. The van der Waals surface area contributed by atoms with E-state index >= 15 is 0 Å². The van der Waals surface area contributed by atoms with Gasteiger partial charge in [0.1, 0.15) is 5.75 Å². The number of nitrogens with two attached hydrogens (primary N) is 1. The summed E-state index contributed by atoms with van der Waals surface area (Å²) in [5, 5.41) is 10.8. The molecule has 2 aliphatic heterocycles. The number of hydrogen-bond donors (Lipinski definition) is 1. The number of nitro groups is 1. The molecule has 2 aromatic rings. The van der Waals surface area contributed by atoms with Gasteiger partial charge in [-0.2, -0.15) is 0 Å². The first-order valence-electron chi connectivity index (χ1n) is 9.95. The number of rotatable bonds is 3. The van der Waals surface area contributed by atoms with E-state index < -0.39 is 4.92 Å². The highest BCUT2D eigenvalue weighted by Crippen LogP contribution is 2.35. The number of carbonyl (C=O) groups excluding carboxylic acids is 2. The number of methoxy groups -OCH3 is 2. The Morgan fingerprint density at radius 3 is 1.66 bits per heavy atom. The summed E-state index contributed by atoms with van der Waals surface area (Å²) in [4.78, 5) is 36.2. The van der Waals surface area contributed by atoms with Crippen LogP contribution >= 0.6 is 0 Å². The van der Waals surface area contributed by atoms with Crippen molar-refractivity contribution in [2.24, 2.45) is 0 Å². The maximum atomic E-state index is 11.2. The second-order valence-corrected chi connectivity index (χ2v) is 7.66. The summed E-state index contributed by atoms with van der Waals surface area (Å²) in [6.07, 6.45) is 0. The van der Waals surface area contributed by atoms with Crippen LogP contribution in [0, 0.1) is 10.1 Å². The van der Waals surface area contributed by atoms with Crippen LogP contribution in [0.25, 0.3) is 0 Å². The van der Waals surface area contributed by atoms with E-state index in [4.69, 9.17) is 15.2 Å². The quantitative estimate of drug-likeness (QED) is 0.439. The smallest absolute Gasteiger partial charge is 0.311 e. The van der Waals surface area contributed by atoms with Gasteiger partial charge in [-0.25, -0.2) is 0 Å². The number of carbonyl (C=O) groups is 2. The maximum absolute atomic E-state index is 11.2. The normalized spacial score (nSPS) is 13.6. The molecule has 0 atom stereocenters. The zero-order valence-corrected chi connectivity index (χ0v) is 18.5. The summed E-state index contributed by atoms with van der Waals surface area (Å²) < 4.78 is 10.1. The Labute approximate surface area is 185 Å². The standard InChI is InChI=1S/C11H12N2O4.C11H14N2O2/c1-7(14)12-5-8-3-10(13(15)16)11(17-2)4-9(8)6-12;1-7(14)13-5-8-3-10(12)11(15-2)4-9(8)6-13/h3-4H,5-6H2,1-2H3;3-4H,5-6,12H2,1-2H3. The summed E-state index contributed by atoms with van der Waals surface area (Å²) in [6.45, 7) is 5.28. The fraction of sp³-hybridized carbons (Fsp3) is 0.364. The van der Waals surface area contributed by atoms with Crippen molar-refractivity contribution in [2.45, 2.75) is 40.0 Å². The van der Waals surface area contributed by atoms with Crippen LogP contribution < -0.4 is 15.2 Å². The first-order valence-corrected chi connectivity index (χ1v) is 9.95. The number of nitrogens with zero attached hydrogens (tertiary/aromatic N) is 3. The van der Waals surface area contributed by atoms with Crippen molar-refractivity contribution in [1.82, 2.24) is 9.80 Å². The van der Waals surface area contributed by atoms with Crippen LogP contribution in [0.3, 0.4) is 0 Å². The van der Waals surface area contributed by atoms with Gasteiger partial charge >= 0.3 is 5.69 Å². The Balaban J connectivity index is 0.000000182. The summed E-state index contributed by atoms with van der Waals surface area (Å²) in [5.41, 5.74) is 10.3. The first kappa shape index (κ1) is 22.9. The fourth-order valence-electron chi connectivity index (χ4n) is 3.79. The van der Waals surface area contributed by atoms with Gasteiger partial charge in [0.2, 0.25) is 11.8 Å². The Kier molecular flexibility index (Phi) is 6.52. The number of ether oxygens (including phenoxy) is 2. The van der Waals surface area contributed by atoms with E-state index in [0.29, 0.717) is 37.6 Å². The Morgan fingerprint density at radius 1 is 0.844 bits per heavy atom. The van der Waals surface area contributed by atoms with E-state index in [0.717, 1.165) is 22.3 Å². The van der Waals surface area contributed by atoms with Crippen molar-refractivity contribution < 1.29 is 24.0 Å². The highest BCUT2D eigenvalue weighted by atomic mass is 16.6. The average Bonchev–Trinajstić information content (AvgIpc) is 3.35. The third kappa shape index (κ3) is 4.58. The van der Waals surface area contributed by atoms with Crippen molar-refractivity contribution in [2.75, 3.05) is 20.0 Å². The van der Waals surface area contributed by atoms with Crippen molar-refractivity contribution in [1.29, 1.82) is 0 Å². The predicted octanol–water partition coefficient (Wildman–Crippen LogP) is 2.61. The van der Waals surface area contributed by atoms with Crippen LogP contribution in [0.15, 0.2) is 24.3 Å². The third-order valence-electron chi connectivity index (χ3n) is 5.59. The summed E-state index contributed by atoms with van der Waals surface area (Å²) in [5.74, 6) is 0.963. The molecule has 10 nitrogen and oxygen atoms in total. The molecule has 0 radical (unpaired) electrons. The minimum atomic E-state index is -0.477. The molecule has 0 unspecified atom stereocenters. The topological polar surface area (TPSA) is 128 Å². The lowest BCUT2D eigenvalue weighted by molar-refractivity contribution is -0.385. The van der Waals surface area contributed by atoms with E-state index in [-0.39, 0.29) is 23.3 Å². The molecule has 0 aromatic heterocycles. The van der Waals surface area contributed by atoms with Crippen LogP contribution in [-0.4, -0.2) is 40.8 Å². The van der Waals surface area contributed by atoms with E-state index in [1.165, 1.54) is 20.1 Å². The van der Waals surface area contributed by atoms with E-state index in [9.17, 15) is 19.7 Å². The van der Waals surface area contributed by atoms with Gasteiger partial charge in [-0.1, -0.05) is 0 Å².